The number of anilines is 1. The van der Waals surface area contributed by atoms with Gasteiger partial charge in [-0.1, -0.05) is 6.92 Å². The number of hydrogen-bond donors (Lipinski definition) is 2. The second-order valence-electron chi connectivity index (χ2n) is 4.59. The van der Waals surface area contributed by atoms with Crippen LogP contribution in [-0.4, -0.2) is 42.0 Å². The maximum Gasteiger partial charge on any atom is 0.262 e. The van der Waals surface area contributed by atoms with Gasteiger partial charge in [0.2, 0.25) is 0 Å². The number of piperidine rings is 1. The second-order valence-corrected chi connectivity index (χ2v) is 6.45. The molecule has 6 nitrogen and oxygen atoms in total. The summed E-state index contributed by atoms with van der Waals surface area (Å²) >= 11 is 0. The lowest BCUT2D eigenvalue weighted by Gasteiger charge is -2.33. The zero-order valence-corrected chi connectivity index (χ0v) is 11.0. The van der Waals surface area contributed by atoms with Crippen molar-refractivity contribution in [2.45, 2.75) is 24.5 Å². The first-order chi connectivity index (χ1) is 8.43. The topological polar surface area (TPSA) is 96.5 Å². The molecule has 1 fully saturated rings. The molecule has 1 aromatic heterocycles. The number of sulfonamides is 1. The Balaban J connectivity index is 2.30. The fourth-order valence-corrected chi connectivity index (χ4v) is 3.64. The van der Waals surface area contributed by atoms with E-state index in [2.05, 4.69) is 4.98 Å². The predicted molar refractivity (Wildman–Crippen MR) is 67.2 cm³/mol. The van der Waals surface area contributed by atoms with Gasteiger partial charge < -0.3 is 10.8 Å². The number of nitrogens with zero attached hydrogens (tertiary/aromatic N) is 2. The third kappa shape index (κ3) is 2.33. The summed E-state index contributed by atoms with van der Waals surface area (Å²) in [7, 11) is -3.66. The third-order valence-corrected chi connectivity index (χ3v) is 5.05. The molecule has 2 unspecified atom stereocenters. The van der Waals surface area contributed by atoms with Gasteiger partial charge in [-0.25, -0.2) is 13.4 Å². The van der Waals surface area contributed by atoms with Crippen LogP contribution in [0.3, 0.4) is 0 Å². The van der Waals surface area contributed by atoms with Gasteiger partial charge in [-0.05, 0) is 24.5 Å². The summed E-state index contributed by atoms with van der Waals surface area (Å²) in [5.74, 6) is -0.0848. The minimum Gasteiger partial charge on any atom is -0.396 e. The lowest BCUT2D eigenvalue weighted by atomic mass is 9.99. The normalized spacial score (nSPS) is 26.1. The Bertz CT molecular complexity index is 532. The number of hydrogen-bond acceptors (Lipinski definition) is 5. The molecule has 0 amide bonds. The average molecular weight is 271 g/mol. The van der Waals surface area contributed by atoms with Gasteiger partial charge in [-0.3, -0.25) is 0 Å². The van der Waals surface area contributed by atoms with Gasteiger partial charge in [-0.15, -0.1) is 0 Å². The molecule has 0 radical (unpaired) electrons. The van der Waals surface area contributed by atoms with Crippen molar-refractivity contribution in [2.75, 3.05) is 18.8 Å². The molecular weight excluding hydrogens is 254 g/mol. The van der Waals surface area contributed by atoms with Crippen molar-refractivity contribution in [3.05, 3.63) is 18.3 Å². The van der Waals surface area contributed by atoms with Crippen molar-refractivity contribution in [2.24, 2.45) is 5.92 Å². The lowest BCUT2D eigenvalue weighted by Crippen LogP contribution is -2.45. The predicted octanol–water partition coefficient (Wildman–Crippen LogP) is 0.0552. The van der Waals surface area contributed by atoms with Gasteiger partial charge in [0.25, 0.3) is 10.0 Å². The molecule has 7 heteroatoms. The van der Waals surface area contributed by atoms with Crippen molar-refractivity contribution in [1.82, 2.24) is 9.29 Å². The van der Waals surface area contributed by atoms with Crippen molar-refractivity contribution in [3.63, 3.8) is 0 Å². The third-order valence-electron chi connectivity index (χ3n) is 3.21. The van der Waals surface area contributed by atoms with Crippen LogP contribution in [0.5, 0.6) is 0 Å². The van der Waals surface area contributed by atoms with Crippen LogP contribution in [0.1, 0.15) is 13.3 Å². The second kappa shape index (κ2) is 4.83. The van der Waals surface area contributed by atoms with Crippen LogP contribution < -0.4 is 5.73 Å². The molecule has 2 rings (SSSR count). The van der Waals surface area contributed by atoms with Crippen LogP contribution in [0.2, 0.25) is 0 Å². The number of pyridine rings is 1. The smallest absolute Gasteiger partial charge is 0.262 e. The SMILES string of the molecule is CC1CN(S(=O)(=O)c2ncccc2N)CCC1O. The summed E-state index contributed by atoms with van der Waals surface area (Å²) < 4.78 is 26.1. The van der Waals surface area contributed by atoms with Crippen molar-refractivity contribution < 1.29 is 13.5 Å². The van der Waals surface area contributed by atoms with E-state index in [-0.39, 0.29) is 16.6 Å². The molecule has 2 atom stereocenters. The highest BCUT2D eigenvalue weighted by Crippen LogP contribution is 2.25. The van der Waals surface area contributed by atoms with Crippen LogP contribution in [0, 0.1) is 5.92 Å². The summed E-state index contributed by atoms with van der Waals surface area (Å²) in [5, 5.41) is 9.52. The van der Waals surface area contributed by atoms with E-state index in [0.29, 0.717) is 19.5 Å². The van der Waals surface area contributed by atoms with E-state index >= 15 is 0 Å². The summed E-state index contributed by atoms with van der Waals surface area (Å²) in [4.78, 5) is 3.85. The Morgan fingerprint density at radius 3 is 2.89 bits per heavy atom. The molecule has 0 bridgehead atoms. The molecule has 100 valence electrons. The maximum atomic E-state index is 12.4. The Hall–Kier alpha value is -1.18. The van der Waals surface area contributed by atoms with Crippen LogP contribution >= 0.6 is 0 Å². The highest BCUT2D eigenvalue weighted by atomic mass is 32.2. The van der Waals surface area contributed by atoms with E-state index in [1.807, 2.05) is 6.92 Å². The molecule has 0 aromatic carbocycles. The number of aliphatic hydroxyl groups is 1. The van der Waals surface area contributed by atoms with Crippen molar-refractivity contribution in [1.29, 1.82) is 0 Å². The van der Waals surface area contributed by atoms with E-state index < -0.39 is 16.1 Å². The number of aromatic nitrogens is 1. The molecule has 1 aliphatic heterocycles. The van der Waals surface area contributed by atoms with Gasteiger partial charge in [0, 0.05) is 19.3 Å². The molecule has 0 saturated carbocycles. The van der Waals surface area contributed by atoms with E-state index in [9.17, 15) is 13.5 Å². The van der Waals surface area contributed by atoms with Crippen LogP contribution in [0.25, 0.3) is 0 Å². The largest absolute Gasteiger partial charge is 0.396 e. The molecule has 1 saturated heterocycles. The van der Waals surface area contributed by atoms with Crippen molar-refractivity contribution >= 4 is 15.7 Å². The molecule has 1 aliphatic rings. The van der Waals surface area contributed by atoms with Crippen LogP contribution in [-0.2, 0) is 10.0 Å². The first-order valence-corrected chi connectivity index (χ1v) is 7.25. The standard InChI is InChI=1S/C11H17N3O3S/c1-8-7-14(6-4-10(8)15)18(16,17)11-9(12)3-2-5-13-11/h2-3,5,8,10,15H,4,6-7,12H2,1H3. The molecule has 0 spiro atoms. The van der Waals surface area contributed by atoms with Crippen LogP contribution in [0.4, 0.5) is 5.69 Å². The molecule has 18 heavy (non-hydrogen) atoms. The summed E-state index contributed by atoms with van der Waals surface area (Å²) in [6.45, 7) is 2.41. The van der Waals surface area contributed by atoms with E-state index in [1.54, 1.807) is 6.07 Å². The van der Waals surface area contributed by atoms with Gasteiger partial charge >= 0.3 is 0 Å². The summed E-state index contributed by atoms with van der Waals surface area (Å²) in [6, 6.07) is 3.11. The van der Waals surface area contributed by atoms with E-state index in [1.165, 1.54) is 16.6 Å². The number of rotatable bonds is 2. The highest BCUT2D eigenvalue weighted by Gasteiger charge is 2.34. The van der Waals surface area contributed by atoms with E-state index in [0.717, 1.165) is 0 Å². The lowest BCUT2D eigenvalue weighted by molar-refractivity contribution is 0.0628. The Morgan fingerprint density at radius 1 is 1.56 bits per heavy atom. The van der Waals surface area contributed by atoms with Crippen molar-refractivity contribution in [3.8, 4) is 0 Å². The number of aliphatic hydroxyl groups excluding tert-OH is 1. The number of nitrogens with two attached hydrogens (primary N) is 1. The maximum absolute atomic E-state index is 12.4. The van der Waals surface area contributed by atoms with Crippen LogP contribution in [0.15, 0.2) is 23.4 Å². The van der Waals surface area contributed by atoms with Gasteiger partial charge in [0.05, 0.1) is 11.8 Å². The fraction of sp³-hybridized carbons (Fsp3) is 0.545. The summed E-state index contributed by atoms with van der Waals surface area (Å²) in [5.41, 5.74) is 5.81. The Kier molecular flexibility index (Phi) is 3.56. The van der Waals surface area contributed by atoms with Gasteiger partial charge in [0.15, 0.2) is 5.03 Å². The summed E-state index contributed by atoms with van der Waals surface area (Å²) in [6.07, 6.45) is 1.40. The number of nitrogen functional groups attached to an aromatic ring is 1. The molecule has 0 aliphatic carbocycles. The molecule has 2 heterocycles. The minimum atomic E-state index is -3.66. The van der Waals surface area contributed by atoms with E-state index in [4.69, 9.17) is 5.73 Å². The van der Waals surface area contributed by atoms with Gasteiger partial charge in [0.1, 0.15) is 0 Å². The monoisotopic (exact) mass is 271 g/mol. The Labute approximate surface area is 106 Å². The molecular formula is C11H17N3O3S. The zero-order chi connectivity index (χ0) is 13.3. The average Bonchev–Trinajstić information content (AvgIpc) is 2.33. The first-order valence-electron chi connectivity index (χ1n) is 5.81. The molecule has 1 aromatic rings. The zero-order valence-electron chi connectivity index (χ0n) is 10.2. The Morgan fingerprint density at radius 2 is 2.28 bits per heavy atom. The first kappa shape index (κ1) is 13.3. The minimum absolute atomic E-state index is 0.0848. The quantitative estimate of drug-likeness (QED) is 0.792. The highest BCUT2D eigenvalue weighted by molar-refractivity contribution is 7.89. The molecule has 3 N–H and O–H groups in total. The fourth-order valence-electron chi connectivity index (χ4n) is 2.05. The van der Waals surface area contributed by atoms with Gasteiger partial charge in [-0.2, -0.15) is 4.31 Å².